The van der Waals surface area contributed by atoms with E-state index < -0.39 is 21.8 Å². The van der Waals surface area contributed by atoms with Crippen LogP contribution in [0.15, 0.2) is 47.5 Å². The largest absolute Gasteiger partial charge is 0.357 e. The Morgan fingerprint density at radius 2 is 1.84 bits per heavy atom. The van der Waals surface area contributed by atoms with Crippen molar-refractivity contribution in [3.05, 3.63) is 54.0 Å². The molecule has 0 bridgehead atoms. The molecule has 166 valence electrons. The van der Waals surface area contributed by atoms with Gasteiger partial charge < -0.3 is 10.2 Å². The van der Waals surface area contributed by atoms with Crippen LogP contribution in [-0.2, 0) is 21.4 Å². The fraction of sp³-hybridized carbons (Fsp3) is 0.455. The van der Waals surface area contributed by atoms with Gasteiger partial charge in [-0.15, -0.1) is 0 Å². The number of carbonyl (C=O) groups is 1. The predicted octanol–water partition coefficient (Wildman–Crippen LogP) is 2.54. The first kappa shape index (κ1) is 21.7. The molecule has 2 fully saturated rings. The molecule has 2 aliphatic rings. The van der Waals surface area contributed by atoms with Crippen molar-refractivity contribution in [2.75, 3.05) is 31.1 Å². The molecular weight excluding hydrogens is 419 g/mol. The number of halogens is 1. The van der Waals surface area contributed by atoms with Gasteiger partial charge in [-0.25, -0.2) is 17.8 Å². The first-order valence-corrected chi connectivity index (χ1v) is 12.1. The summed E-state index contributed by atoms with van der Waals surface area (Å²) in [5.41, 5.74) is 0.969. The lowest BCUT2D eigenvalue weighted by atomic mass is 9.99. The molecule has 31 heavy (non-hydrogen) atoms. The van der Waals surface area contributed by atoms with Crippen LogP contribution in [0.25, 0.3) is 0 Å². The molecule has 0 radical (unpaired) electrons. The van der Waals surface area contributed by atoms with E-state index in [-0.39, 0.29) is 17.3 Å². The Balaban J connectivity index is 1.37. The predicted molar refractivity (Wildman–Crippen MR) is 115 cm³/mol. The molecule has 0 spiro atoms. The number of hydrogen-bond acceptors (Lipinski definition) is 5. The highest BCUT2D eigenvalue weighted by atomic mass is 32.2. The van der Waals surface area contributed by atoms with E-state index in [1.165, 1.54) is 29.3 Å². The van der Waals surface area contributed by atoms with E-state index in [4.69, 9.17) is 0 Å². The molecule has 1 aromatic heterocycles. The van der Waals surface area contributed by atoms with Gasteiger partial charge in [0.1, 0.15) is 11.6 Å². The number of anilines is 1. The third-order valence-corrected chi connectivity index (χ3v) is 7.79. The maximum absolute atomic E-state index is 13.2. The monoisotopic (exact) mass is 446 g/mol. The van der Waals surface area contributed by atoms with Gasteiger partial charge in [-0.2, -0.15) is 4.31 Å². The summed E-state index contributed by atoms with van der Waals surface area (Å²) < 4.78 is 40.2. The summed E-state index contributed by atoms with van der Waals surface area (Å²) in [7, 11) is -3.75. The Labute approximate surface area is 182 Å². The number of piperidine rings is 1. The average Bonchev–Trinajstić information content (AvgIpc) is 3.33. The van der Waals surface area contributed by atoms with Gasteiger partial charge in [0.15, 0.2) is 0 Å². The number of amides is 1. The van der Waals surface area contributed by atoms with Crippen LogP contribution < -0.4 is 10.2 Å². The van der Waals surface area contributed by atoms with Crippen molar-refractivity contribution >= 4 is 21.7 Å². The zero-order valence-corrected chi connectivity index (χ0v) is 18.2. The molecule has 9 heteroatoms. The zero-order chi connectivity index (χ0) is 21.8. The Morgan fingerprint density at radius 3 is 2.58 bits per heavy atom. The van der Waals surface area contributed by atoms with Crippen molar-refractivity contribution in [1.29, 1.82) is 0 Å². The van der Waals surface area contributed by atoms with Gasteiger partial charge in [0.05, 0.1) is 10.8 Å². The third kappa shape index (κ3) is 5.04. The van der Waals surface area contributed by atoms with Crippen LogP contribution in [0, 0.1) is 11.7 Å². The molecular formula is C22H27FN4O3S. The van der Waals surface area contributed by atoms with Crippen molar-refractivity contribution in [3.63, 3.8) is 0 Å². The van der Waals surface area contributed by atoms with Crippen LogP contribution in [-0.4, -0.2) is 49.8 Å². The number of rotatable bonds is 6. The van der Waals surface area contributed by atoms with Crippen LogP contribution in [0.4, 0.5) is 10.2 Å². The lowest BCUT2D eigenvalue weighted by Gasteiger charge is -2.31. The van der Waals surface area contributed by atoms with Crippen LogP contribution >= 0.6 is 0 Å². The summed E-state index contributed by atoms with van der Waals surface area (Å²) in [4.78, 5) is 19.5. The summed E-state index contributed by atoms with van der Waals surface area (Å²) in [6, 6.07) is 8.66. The van der Waals surface area contributed by atoms with Crippen LogP contribution in [0.2, 0.25) is 0 Å². The van der Waals surface area contributed by atoms with E-state index in [1.807, 2.05) is 12.1 Å². The Hall–Kier alpha value is -2.52. The molecule has 0 unspecified atom stereocenters. The number of hydrogen-bond donors (Lipinski definition) is 1. The standard InChI is InChI=1S/C22H27FN4O3S/c23-19-5-7-20(8-6-19)31(29,30)27-13-3-4-18(16-27)22(28)25-15-17-9-10-24-21(14-17)26-11-1-2-12-26/h5-10,14,18H,1-4,11-13,15-16H2,(H,25,28)/t18-/m1/s1. The number of benzene rings is 1. The summed E-state index contributed by atoms with van der Waals surface area (Å²) in [6.07, 6.45) is 5.33. The zero-order valence-electron chi connectivity index (χ0n) is 17.3. The van der Waals surface area contributed by atoms with Gasteiger partial charge in [0.2, 0.25) is 15.9 Å². The molecule has 2 saturated heterocycles. The maximum Gasteiger partial charge on any atom is 0.243 e. The first-order chi connectivity index (χ1) is 14.9. The number of carbonyl (C=O) groups excluding carboxylic acids is 1. The molecule has 4 rings (SSSR count). The lowest BCUT2D eigenvalue weighted by Crippen LogP contribution is -2.45. The van der Waals surface area contributed by atoms with Crippen LogP contribution in [0.5, 0.6) is 0 Å². The highest BCUT2D eigenvalue weighted by molar-refractivity contribution is 7.89. The molecule has 3 heterocycles. The highest BCUT2D eigenvalue weighted by Crippen LogP contribution is 2.24. The quantitative estimate of drug-likeness (QED) is 0.737. The molecule has 0 saturated carbocycles. The molecule has 2 aromatic rings. The number of aromatic nitrogens is 1. The number of pyridine rings is 1. The second kappa shape index (κ2) is 9.32. The molecule has 1 atom stereocenters. The van der Waals surface area contributed by atoms with E-state index in [0.717, 1.165) is 36.6 Å². The van der Waals surface area contributed by atoms with E-state index >= 15 is 0 Å². The summed E-state index contributed by atoms with van der Waals surface area (Å²) in [5, 5.41) is 2.95. The molecule has 1 N–H and O–H groups in total. The minimum Gasteiger partial charge on any atom is -0.357 e. The fourth-order valence-electron chi connectivity index (χ4n) is 4.15. The second-order valence-corrected chi connectivity index (χ2v) is 10.0. The number of sulfonamides is 1. The van der Waals surface area contributed by atoms with Gasteiger partial charge >= 0.3 is 0 Å². The van der Waals surface area contributed by atoms with Crippen molar-refractivity contribution in [2.24, 2.45) is 5.92 Å². The molecule has 1 amide bonds. The topological polar surface area (TPSA) is 82.6 Å². The Kier molecular flexibility index (Phi) is 6.52. The first-order valence-electron chi connectivity index (χ1n) is 10.7. The van der Waals surface area contributed by atoms with Gasteiger partial charge in [-0.3, -0.25) is 4.79 Å². The van der Waals surface area contributed by atoms with Gasteiger partial charge in [-0.1, -0.05) is 0 Å². The SMILES string of the molecule is O=C(NCc1ccnc(N2CCCC2)c1)[C@@H]1CCCN(S(=O)(=O)c2ccc(F)cc2)C1. The normalized spacial score (nSPS) is 20.0. The second-order valence-electron chi connectivity index (χ2n) is 8.09. The van der Waals surface area contributed by atoms with E-state index in [9.17, 15) is 17.6 Å². The summed E-state index contributed by atoms with van der Waals surface area (Å²) in [5.74, 6) is -0.125. The fourth-order valence-corrected chi connectivity index (χ4v) is 5.68. The highest BCUT2D eigenvalue weighted by Gasteiger charge is 2.33. The lowest BCUT2D eigenvalue weighted by molar-refractivity contribution is -0.126. The molecule has 2 aliphatic heterocycles. The van der Waals surface area contributed by atoms with E-state index in [1.54, 1.807) is 6.20 Å². The minimum absolute atomic E-state index is 0.0428. The van der Waals surface area contributed by atoms with Crippen molar-refractivity contribution in [2.45, 2.75) is 37.1 Å². The van der Waals surface area contributed by atoms with E-state index in [0.29, 0.717) is 25.9 Å². The van der Waals surface area contributed by atoms with Gasteiger partial charge in [0.25, 0.3) is 0 Å². The van der Waals surface area contributed by atoms with E-state index in [2.05, 4.69) is 15.2 Å². The van der Waals surface area contributed by atoms with Crippen molar-refractivity contribution in [3.8, 4) is 0 Å². The Morgan fingerprint density at radius 1 is 1.10 bits per heavy atom. The molecule has 1 aromatic carbocycles. The van der Waals surface area contributed by atoms with Crippen LogP contribution in [0.1, 0.15) is 31.2 Å². The smallest absolute Gasteiger partial charge is 0.243 e. The number of nitrogens with one attached hydrogen (secondary N) is 1. The van der Waals surface area contributed by atoms with Gasteiger partial charge in [-0.05, 0) is 67.6 Å². The summed E-state index contributed by atoms with van der Waals surface area (Å²) >= 11 is 0. The average molecular weight is 447 g/mol. The van der Waals surface area contributed by atoms with Crippen molar-refractivity contribution < 1.29 is 17.6 Å². The van der Waals surface area contributed by atoms with Crippen molar-refractivity contribution in [1.82, 2.24) is 14.6 Å². The minimum atomic E-state index is -3.75. The maximum atomic E-state index is 13.2. The Bertz CT molecular complexity index is 1020. The van der Waals surface area contributed by atoms with Gasteiger partial charge in [0, 0.05) is 38.9 Å². The van der Waals surface area contributed by atoms with Crippen LogP contribution in [0.3, 0.4) is 0 Å². The molecule has 7 nitrogen and oxygen atoms in total. The molecule has 0 aliphatic carbocycles. The summed E-state index contributed by atoms with van der Waals surface area (Å²) in [6.45, 7) is 2.86. The third-order valence-electron chi connectivity index (χ3n) is 5.91. The number of nitrogens with zero attached hydrogens (tertiary/aromatic N) is 3.